The van der Waals surface area contributed by atoms with Crippen LogP contribution >= 0.6 is 0 Å². The van der Waals surface area contributed by atoms with Gasteiger partial charge in [-0.3, -0.25) is 9.48 Å². The van der Waals surface area contributed by atoms with Crippen molar-refractivity contribution in [2.24, 2.45) is 7.05 Å². The van der Waals surface area contributed by atoms with Crippen LogP contribution in [0.1, 0.15) is 58.4 Å². The van der Waals surface area contributed by atoms with Crippen molar-refractivity contribution in [3.63, 3.8) is 0 Å². The van der Waals surface area contributed by atoms with Crippen molar-refractivity contribution in [1.29, 1.82) is 0 Å². The van der Waals surface area contributed by atoms with Crippen molar-refractivity contribution in [3.05, 3.63) is 70.9 Å². The highest BCUT2D eigenvalue weighted by atomic mass is 16.2. The van der Waals surface area contributed by atoms with Gasteiger partial charge in [-0.2, -0.15) is 5.10 Å². The average Bonchev–Trinajstić information content (AvgIpc) is 3.47. The highest BCUT2D eigenvalue weighted by molar-refractivity contribution is 5.93. The molecule has 4 heterocycles. The number of hydrogen-bond acceptors (Lipinski definition) is 5. The Labute approximate surface area is 189 Å². The lowest BCUT2D eigenvalue weighted by Gasteiger charge is -2.32. The smallest absolute Gasteiger partial charge is 0.272 e. The third-order valence-corrected chi connectivity index (χ3v) is 6.73. The van der Waals surface area contributed by atoms with Gasteiger partial charge in [-0.25, -0.2) is 9.97 Å². The van der Waals surface area contributed by atoms with Crippen LogP contribution in [-0.4, -0.2) is 50.2 Å². The molecule has 1 aromatic carbocycles. The predicted molar refractivity (Wildman–Crippen MR) is 124 cm³/mol. The van der Waals surface area contributed by atoms with Gasteiger partial charge < -0.3 is 9.80 Å². The summed E-state index contributed by atoms with van der Waals surface area (Å²) in [7, 11) is 1.81. The molecule has 1 atom stereocenters. The quantitative estimate of drug-likeness (QED) is 0.620. The molecule has 2 aliphatic rings. The van der Waals surface area contributed by atoms with E-state index >= 15 is 0 Å². The molecule has 0 spiro atoms. The van der Waals surface area contributed by atoms with Crippen LogP contribution in [0.4, 0.5) is 5.82 Å². The summed E-state index contributed by atoms with van der Waals surface area (Å²) in [6.45, 7) is 4.77. The third-order valence-electron chi connectivity index (χ3n) is 6.73. The fourth-order valence-electron chi connectivity index (χ4n) is 4.99. The van der Waals surface area contributed by atoms with Crippen molar-refractivity contribution < 1.29 is 4.79 Å². The van der Waals surface area contributed by atoms with E-state index in [1.807, 2.05) is 11.9 Å². The van der Waals surface area contributed by atoms with E-state index in [9.17, 15) is 4.79 Å². The molecule has 7 heteroatoms. The fourth-order valence-corrected chi connectivity index (χ4v) is 4.99. The zero-order valence-corrected chi connectivity index (χ0v) is 18.9. The Balaban J connectivity index is 1.42. The van der Waals surface area contributed by atoms with Gasteiger partial charge in [0.05, 0.1) is 6.04 Å². The van der Waals surface area contributed by atoms with E-state index in [2.05, 4.69) is 47.3 Å². The van der Waals surface area contributed by atoms with Crippen LogP contribution in [-0.2, 0) is 19.9 Å². The monoisotopic (exact) mass is 430 g/mol. The van der Waals surface area contributed by atoms with Gasteiger partial charge in [-0.1, -0.05) is 30.3 Å². The second kappa shape index (κ2) is 8.73. The minimum absolute atomic E-state index is 0.00686. The lowest BCUT2D eigenvalue weighted by Crippen LogP contribution is -2.35. The van der Waals surface area contributed by atoms with Gasteiger partial charge in [0, 0.05) is 44.1 Å². The minimum Gasteiger partial charge on any atom is -0.356 e. The Bertz CT molecular complexity index is 1110. The number of anilines is 1. The molecule has 2 aromatic heterocycles. The first-order valence-corrected chi connectivity index (χ1v) is 11.6. The van der Waals surface area contributed by atoms with Gasteiger partial charge in [0.25, 0.3) is 5.91 Å². The van der Waals surface area contributed by atoms with Crippen LogP contribution in [0.5, 0.6) is 0 Å². The fraction of sp³-hybridized carbons (Fsp3) is 0.440. The van der Waals surface area contributed by atoms with Crippen LogP contribution < -0.4 is 4.90 Å². The van der Waals surface area contributed by atoms with Crippen LogP contribution in [0.25, 0.3) is 0 Å². The molecule has 1 unspecified atom stereocenters. The normalized spacial score (nSPS) is 18.1. The van der Waals surface area contributed by atoms with Crippen molar-refractivity contribution >= 4 is 11.7 Å². The number of aryl methyl sites for hydroxylation is 2. The topological polar surface area (TPSA) is 67.2 Å². The second-order valence-corrected chi connectivity index (χ2v) is 8.79. The highest BCUT2D eigenvalue weighted by Gasteiger charge is 2.35. The minimum atomic E-state index is -0.0840. The molecule has 1 saturated heterocycles. The molecule has 0 N–H and O–H groups in total. The Morgan fingerprint density at radius 3 is 2.72 bits per heavy atom. The van der Waals surface area contributed by atoms with Crippen LogP contribution in [0.2, 0.25) is 0 Å². The molecule has 32 heavy (non-hydrogen) atoms. The molecule has 2 aliphatic heterocycles. The number of amides is 1. The Morgan fingerprint density at radius 2 is 1.94 bits per heavy atom. The SMILES string of the molecule is Cc1nc(C2CCCN2C(=O)c2ccnn2C)nc2c1CCCN2CCc1ccccc1. The number of hydrogen-bond donors (Lipinski definition) is 0. The standard InChI is InChI=1S/C25H30N6O/c1-18-20-10-6-15-30(17-13-19-8-4-3-5-9-19)24(20)28-23(27-18)21-11-7-16-31(21)25(32)22-12-14-26-29(22)2/h3-5,8-9,12,14,21H,6-7,10-11,13,15-17H2,1-2H3. The van der Waals surface area contributed by atoms with Crippen molar-refractivity contribution in [3.8, 4) is 0 Å². The maximum absolute atomic E-state index is 13.2. The second-order valence-electron chi connectivity index (χ2n) is 8.79. The van der Waals surface area contributed by atoms with Crippen molar-refractivity contribution in [2.45, 2.75) is 45.1 Å². The van der Waals surface area contributed by atoms with Crippen LogP contribution in [0.15, 0.2) is 42.6 Å². The molecule has 1 amide bonds. The van der Waals surface area contributed by atoms with Crippen molar-refractivity contribution in [2.75, 3.05) is 24.5 Å². The van der Waals surface area contributed by atoms with E-state index in [4.69, 9.17) is 9.97 Å². The van der Waals surface area contributed by atoms with Gasteiger partial charge >= 0.3 is 0 Å². The summed E-state index contributed by atoms with van der Waals surface area (Å²) in [5.41, 5.74) is 4.26. The number of aromatic nitrogens is 4. The van der Waals surface area contributed by atoms with E-state index in [-0.39, 0.29) is 11.9 Å². The zero-order chi connectivity index (χ0) is 22.1. The third kappa shape index (κ3) is 3.87. The summed E-state index contributed by atoms with van der Waals surface area (Å²) < 4.78 is 1.64. The zero-order valence-electron chi connectivity index (χ0n) is 18.9. The van der Waals surface area contributed by atoms with Gasteiger partial charge in [0.2, 0.25) is 0 Å². The lowest BCUT2D eigenvalue weighted by molar-refractivity contribution is 0.0718. The number of fused-ring (bicyclic) bond motifs is 1. The molecule has 0 saturated carbocycles. The van der Waals surface area contributed by atoms with Gasteiger partial charge in [-0.05, 0) is 50.7 Å². The first-order valence-electron chi connectivity index (χ1n) is 11.6. The first kappa shape index (κ1) is 20.7. The van der Waals surface area contributed by atoms with Crippen LogP contribution in [0, 0.1) is 6.92 Å². The Kier molecular flexibility index (Phi) is 5.64. The van der Waals surface area contributed by atoms with E-state index in [0.29, 0.717) is 5.69 Å². The lowest BCUT2D eigenvalue weighted by atomic mass is 10.0. The van der Waals surface area contributed by atoms with Gasteiger partial charge in [0.15, 0.2) is 5.82 Å². The number of benzene rings is 1. The predicted octanol–water partition coefficient (Wildman–Crippen LogP) is 3.49. The van der Waals surface area contributed by atoms with E-state index in [1.165, 1.54) is 11.1 Å². The number of carbonyl (C=O) groups is 1. The largest absolute Gasteiger partial charge is 0.356 e. The summed E-state index contributed by atoms with van der Waals surface area (Å²) in [4.78, 5) is 27.5. The summed E-state index contributed by atoms with van der Waals surface area (Å²) in [5.74, 6) is 1.85. The van der Waals surface area contributed by atoms with E-state index < -0.39 is 0 Å². The summed E-state index contributed by atoms with van der Waals surface area (Å²) in [5, 5.41) is 4.17. The number of nitrogens with zero attached hydrogens (tertiary/aromatic N) is 6. The van der Waals surface area contributed by atoms with Crippen molar-refractivity contribution in [1.82, 2.24) is 24.6 Å². The molecule has 0 bridgehead atoms. The molecule has 166 valence electrons. The molecule has 0 aliphatic carbocycles. The average molecular weight is 431 g/mol. The maximum Gasteiger partial charge on any atom is 0.272 e. The molecular formula is C25H30N6O. The summed E-state index contributed by atoms with van der Waals surface area (Å²) in [6, 6.07) is 12.3. The Morgan fingerprint density at radius 1 is 1.09 bits per heavy atom. The molecule has 7 nitrogen and oxygen atoms in total. The highest BCUT2D eigenvalue weighted by Crippen LogP contribution is 2.35. The molecule has 5 rings (SSSR count). The van der Waals surface area contributed by atoms with E-state index in [1.54, 1.807) is 16.9 Å². The molecule has 3 aromatic rings. The first-order chi connectivity index (χ1) is 15.6. The number of likely N-dealkylation sites (tertiary alicyclic amines) is 1. The number of rotatable bonds is 5. The molecule has 1 fully saturated rings. The summed E-state index contributed by atoms with van der Waals surface area (Å²) >= 11 is 0. The van der Waals surface area contributed by atoms with E-state index in [0.717, 1.165) is 69.1 Å². The maximum atomic E-state index is 13.2. The molecular weight excluding hydrogens is 400 g/mol. The van der Waals surface area contributed by atoms with Gasteiger partial charge in [-0.15, -0.1) is 0 Å². The molecule has 0 radical (unpaired) electrons. The Hall–Kier alpha value is -3.22. The van der Waals surface area contributed by atoms with Gasteiger partial charge in [0.1, 0.15) is 11.5 Å². The van der Waals surface area contributed by atoms with Crippen LogP contribution in [0.3, 0.4) is 0 Å². The number of carbonyl (C=O) groups excluding carboxylic acids is 1. The summed E-state index contributed by atoms with van der Waals surface area (Å²) in [6.07, 6.45) is 6.67.